The van der Waals surface area contributed by atoms with Gasteiger partial charge >= 0.3 is 5.97 Å². The van der Waals surface area contributed by atoms with Gasteiger partial charge < -0.3 is 9.47 Å². The Hall–Kier alpha value is -2.08. The lowest BCUT2D eigenvalue weighted by atomic mass is 10.3. The van der Waals surface area contributed by atoms with Crippen LogP contribution in [0, 0.1) is 11.6 Å². The number of hydrogen-bond acceptors (Lipinski definition) is 6. The largest absolute Gasteiger partial charge is 0.476 e. The lowest BCUT2D eigenvalue weighted by Crippen LogP contribution is -2.28. The quantitative estimate of drug-likeness (QED) is 0.568. The molecule has 0 aliphatic heterocycles. The highest BCUT2D eigenvalue weighted by atomic mass is 35.5. The molecule has 0 radical (unpaired) electrons. The minimum atomic E-state index is -3.85. The molecule has 12 heteroatoms. The number of rotatable bonds is 9. The number of hydrogen-bond donors (Lipinski definition) is 1. The lowest BCUT2D eigenvalue weighted by molar-refractivity contribution is -0.143. The normalized spacial score (nSPS) is 12.4. The first-order chi connectivity index (χ1) is 13.6. The summed E-state index contributed by atoms with van der Waals surface area (Å²) in [5.74, 6) is -4.17. The van der Waals surface area contributed by atoms with E-state index in [9.17, 15) is 26.2 Å². The summed E-state index contributed by atoms with van der Waals surface area (Å²) in [7, 11) is -4.66. The molecule has 7 nitrogen and oxygen atoms in total. The van der Waals surface area contributed by atoms with E-state index in [0.29, 0.717) is 5.02 Å². The first kappa shape index (κ1) is 23.2. The summed E-state index contributed by atoms with van der Waals surface area (Å²) in [4.78, 5) is 10.8. The van der Waals surface area contributed by atoms with Gasteiger partial charge in [-0.05, 0) is 36.4 Å². The highest BCUT2D eigenvalue weighted by Crippen LogP contribution is 2.25. The maximum absolute atomic E-state index is 14.0. The smallest absolute Gasteiger partial charge is 0.343 e. The fourth-order valence-corrected chi connectivity index (χ4v) is 4.36. The topological polar surface area (TPSA) is 98.8 Å². The monoisotopic (exact) mass is 467 g/mol. The van der Waals surface area contributed by atoms with E-state index in [0.717, 1.165) is 19.2 Å². The predicted octanol–water partition coefficient (Wildman–Crippen LogP) is 2.26. The van der Waals surface area contributed by atoms with Crippen LogP contribution in [-0.2, 0) is 30.4 Å². The van der Waals surface area contributed by atoms with Crippen molar-refractivity contribution >= 4 is 38.4 Å². The molecule has 0 spiro atoms. The van der Waals surface area contributed by atoms with E-state index < -0.39 is 50.8 Å². The van der Waals surface area contributed by atoms with Crippen molar-refractivity contribution in [2.24, 2.45) is 0 Å². The van der Waals surface area contributed by atoms with Gasteiger partial charge in [-0.1, -0.05) is 11.6 Å². The van der Waals surface area contributed by atoms with Gasteiger partial charge in [-0.2, -0.15) is 0 Å². The standard InChI is InChI=1S/C17H16ClF2NO6S2/c1-26-16(22)10-27-17-14(19)8-12(9-15(17)20)28(23)7-6-21-29(24,25)13-4-2-11(18)3-5-13/h2-5,8-9,21H,6-7,10H2,1H3. The Morgan fingerprint density at radius 2 is 1.76 bits per heavy atom. The zero-order valence-corrected chi connectivity index (χ0v) is 17.4. The third-order valence-corrected chi connectivity index (χ3v) is 6.57. The number of halogens is 3. The molecular weight excluding hydrogens is 452 g/mol. The Bertz CT molecular complexity index is 992. The van der Waals surface area contributed by atoms with Gasteiger partial charge in [0, 0.05) is 22.2 Å². The number of ether oxygens (including phenoxy) is 2. The zero-order chi connectivity index (χ0) is 21.6. The van der Waals surface area contributed by atoms with Crippen molar-refractivity contribution in [1.82, 2.24) is 4.72 Å². The van der Waals surface area contributed by atoms with Crippen molar-refractivity contribution in [3.63, 3.8) is 0 Å². The molecule has 2 aromatic carbocycles. The van der Waals surface area contributed by atoms with Crippen LogP contribution in [0.2, 0.25) is 5.02 Å². The second-order valence-corrected chi connectivity index (χ2v) is 9.26. The van der Waals surface area contributed by atoms with Gasteiger partial charge in [0.15, 0.2) is 24.0 Å². The van der Waals surface area contributed by atoms with Crippen LogP contribution >= 0.6 is 11.6 Å². The Labute approximate surface area is 173 Å². The number of nitrogens with one attached hydrogen (secondary N) is 1. The van der Waals surface area contributed by atoms with Gasteiger partial charge in [0.2, 0.25) is 10.0 Å². The predicted molar refractivity (Wildman–Crippen MR) is 102 cm³/mol. The van der Waals surface area contributed by atoms with Crippen molar-refractivity contribution in [1.29, 1.82) is 0 Å². The van der Waals surface area contributed by atoms with E-state index in [1.807, 2.05) is 0 Å². The van der Waals surface area contributed by atoms with Crippen molar-refractivity contribution in [2.45, 2.75) is 9.79 Å². The number of carbonyl (C=O) groups excluding carboxylic acids is 1. The third kappa shape index (κ3) is 6.46. The summed E-state index contributed by atoms with van der Waals surface area (Å²) in [5, 5.41) is 0.369. The van der Waals surface area contributed by atoms with Crippen LogP contribution in [0.4, 0.5) is 8.78 Å². The third-order valence-electron chi connectivity index (χ3n) is 3.50. The summed E-state index contributed by atoms with van der Waals surface area (Å²) in [5.41, 5.74) is 0. The van der Waals surface area contributed by atoms with E-state index in [1.165, 1.54) is 24.3 Å². The van der Waals surface area contributed by atoms with Gasteiger partial charge in [0.05, 0.1) is 22.8 Å². The molecule has 1 unspecified atom stereocenters. The van der Waals surface area contributed by atoms with E-state index in [2.05, 4.69) is 9.46 Å². The summed E-state index contributed by atoms with van der Waals surface area (Å²) in [6.45, 7) is -0.930. The summed E-state index contributed by atoms with van der Waals surface area (Å²) >= 11 is 5.71. The first-order valence-corrected chi connectivity index (χ1v) is 11.1. The van der Waals surface area contributed by atoms with Crippen LogP contribution in [0.1, 0.15) is 0 Å². The van der Waals surface area contributed by atoms with E-state index in [4.69, 9.17) is 16.3 Å². The molecule has 0 heterocycles. The number of sulfonamides is 1. The minimum absolute atomic E-state index is 0.0307. The van der Waals surface area contributed by atoms with Gasteiger partial charge in [-0.25, -0.2) is 26.7 Å². The van der Waals surface area contributed by atoms with Crippen molar-refractivity contribution in [3.8, 4) is 5.75 Å². The lowest BCUT2D eigenvalue weighted by Gasteiger charge is -2.10. The molecule has 0 saturated carbocycles. The fraction of sp³-hybridized carbons (Fsp3) is 0.235. The highest BCUT2D eigenvalue weighted by Gasteiger charge is 2.18. The molecule has 0 bridgehead atoms. The Morgan fingerprint density at radius 3 is 2.31 bits per heavy atom. The molecule has 0 amide bonds. The molecule has 158 valence electrons. The molecule has 0 aliphatic carbocycles. The highest BCUT2D eigenvalue weighted by molar-refractivity contribution is 7.89. The van der Waals surface area contributed by atoms with E-state index in [-0.39, 0.29) is 22.1 Å². The number of benzene rings is 2. The Balaban J connectivity index is 2.00. The molecule has 0 fully saturated rings. The molecule has 2 rings (SSSR count). The van der Waals surface area contributed by atoms with Gasteiger partial charge in [-0.3, -0.25) is 4.21 Å². The molecule has 29 heavy (non-hydrogen) atoms. The maximum atomic E-state index is 14.0. The summed E-state index contributed by atoms with van der Waals surface area (Å²) in [6, 6.07) is 7.01. The van der Waals surface area contributed by atoms with Crippen LogP contribution in [-0.4, -0.2) is 44.6 Å². The Morgan fingerprint density at radius 1 is 1.17 bits per heavy atom. The zero-order valence-electron chi connectivity index (χ0n) is 15.0. The van der Waals surface area contributed by atoms with Crippen LogP contribution in [0.25, 0.3) is 0 Å². The van der Waals surface area contributed by atoms with Crippen molar-refractivity contribution < 1.29 is 35.7 Å². The van der Waals surface area contributed by atoms with Gasteiger partial charge in [-0.15, -0.1) is 0 Å². The van der Waals surface area contributed by atoms with Crippen LogP contribution in [0.3, 0.4) is 0 Å². The molecular formula is C17H16ClF2NO6S2. The van der Waals surface area contributed by atoms with E-state index >= 15 is 0 Å². The summed E-state index contributed by atoms with van der Waals surface area (Å²) in [6.07, 6.45) is 0. The van der Waals surface area contributed by atoms with Crippen LogP contribution < -0.4 is 9.46 Å². The van der Waals surface area contributed by atoms with Crippen LogP contribution in [0.5, 0.6) is 5.75 Å². The van der Waals surface area contributed by atoms with Crippen LogP contribution in [0.15, 0.2) is 46.2 Å². The molecule has 0 saturated heterocycles. The average molecular weight is 468 g/mol. The number of methoxy groups -OCH3 is 1. The second kappa shape index (κ2) is 10.1. The second-order valence-electron chi connectivity index (χ2n) is 5.48. The first-order valence-electron chi connectivity index (χ1n) is 7.96. The number of esters is 1. The molecule has 0 aliphatic rings. The van der Waals surface area contributed by atoms with Crippen molar-refractivity contribution in [3.05, 3.63) is 53.1 Å². The summed E-state index contributed by atoms with van der Waals surface area (Å²) < 4.78 is 75.8. The van der Waals surface area contributed by atoms with E-state index in [1.54, 1.807) is 0 Å². The maximum Gasteiger partial charge on any atom is 0.343 e. The Kier molecular flexibility index (Phi) is 8.08. The minimum Gasteiger partial charge on any atom is -0.476 e. The molecule has 1 atom stereocenters. The SMILES string of the molecule is COC(=O)COc1c(F)cc(S(=O)CCNS(=O)(=O)c2ccc(Cl)cc2)cc1F. The molecule has 2 aromatic rings. The molecule has 1 N–H and O–H groups in total. The van der Waals surface area contributed by atoms with Gasteiger partial charge in [0.25, 0.3) is 0 Å². The number of carbonyl (C=O) groups is 1. The van der Waals surface area contributed by atoms with Gasteiger partial charge in [0.1, 0.15) is 0 Å². The average Bonchev–Trinajstić information content (AvgIpc) is 2.67. The fourth-order valence-electron chi connectivity index (χ4n) is 2.08. The molecule has 0 aromatic heterocycles. The van der Waals surface area contributed by atoms with Crippen molar-refractivity contribution in [2.75, 3.05) is 26.0 Å².